The van der Waals surface area contributed by atoms with Gasteiger partial charge in [0.2, 0.25) is 0 Å². The SMILES string of the molecule is Cc1ccc2c(c1)c1cc(-c3ccc(Cl)cc3Cl)c(=O)n(C)c1n2CCCN1C(=O)c2ccccc2C1=O. The van der Waals surface area contributed by atoms with Gasteiger partial charge < -0.3 is 4.57 Å². The molecule has 190 valence electrons. The van der Waals surface area contributed by atoms with E-state index in [-0.39, 0.29) is 23.9 Å². The number of amides is 2. The van der Waals surface area contributed by atoms with Crippen LogP contribution in [0.3, 0.4) is 0 Å². The first-order valence-corrected chi connectivity index (χ1v) is 13.0. The van der Waals surface area contributed by atoms with E-state index >= 15 is 0 Å². The lowest BCUT2D eigenvalue weighted by Crippen LogP contribution is -2.31. The van der Waals surface area contributed by atoms with Crippen LogP contribution in [0.15, 0.2) is 71.5 Å². The van der Waals surface area contributed by atoms with Crippen LogP contribution in [0.5, 0.6) is 0 Å². The lowest BCUT2D eigenvalue weighted by atomic mass is 10.0. The van der Waals surface area contributed by atoms with Crippen LogP contribution in [0.2, 0.25) is 10.0 Å². The van der Waals surface area contributed by atoms with Crippen molar-refractivity contribution in [2.24, 2.45) is 7.05 Å². The van der Waals surface area contributed by atoms with Gasteiger partial charge in [0, 0.05) is 47.1 Å². The smallest absolute Gasteiger partial charge is 0.261 e. The number of halogens is 2. The van der Waals surface area contributed by atoms with E-state index in [1.807, 2.05) is 25.1 Å². The number of rotatable bonds is 5. The molecule has 3 heterocycles. The molecule has 0 saturated heterocycles. The summed E-state index contributed by atoms with van der Waals surface area (Å²) in [6.07, 6.45) is 0.539. The molecule has 1 aliphatic rings. The molecule has 0 atom stereocenters. The van der Waals surface area contributed by atoms with Crippen molar-refractivity contribution in [3.05, 3.63) is 104 Å². The van der Waals surface area contributed by atoms with Gasteiger partial charge in [-0.05, 0) is 55.8 Å². The number of nitrogens with zero attached hydrogens (tertiary/aromatic N) is 3. The molecule has 38 heavy (non-hydrogen) atoms. The van der Waals surface area contributed by atoms with Gasteiger partial charge in [-0.1, -0.05) is 53.0 Å². The fraction of sp³-hybridized carbons (Fsp3) is 0.167. The topological polar surface area (TPSA) is 64.3 Å². The first-order valence-electron chi connectivity index (χ1n) is 12.3. The number of hydrogen-bond donors (Lipinski definition) is 0. The van der Waals surface area contributed by atoms with E-state index in [2.05, 4.69) is 10.6 Å². The second-order valence-corrected chi connectivity index (χ2v) is 10.5. The Morgan fingerprint density at radius 2 is 1.45 bits per heavy atom. The predicted octanol–water partition coefficient (Wildman–Crippen LogP) is 6.46. The van der Waals surface area contributed by atoms with E-state index in [1.54, 1.807) is 54.1 Å². The Balaban J connectivity index is 1.42. The average Bonchev–Trinajstić information content (AvgIpc) is 3.33. The Hall–Kier alpha value is -3.87. The maximum atomic E-state index is 13.6. The number of carbonyl (C=O) groups excluding carboxylic acids is 2. The van der Waals surface area contributed by atoms with Crippen molar-refractivity contribution < 1.29 is 9.59 Å². The minimum atomic E-state index is -0.264. The van der Waals surface area contributed by atoms with Crippen LogP contribution in [0, 0.1) is 6.92 Å². The minimum Gasteiger partial charge on any atom is -0.327 e. The molecule has 6 rings (SSSR count). The van der Waals surface area contributed by atoms with Crippen LogP contribution in [-0.4, -0.2) is 32.4 Å². The van der Waals surface area contributed by atoms with Gasteiger partial charge in [-0.25, -0.2) is 0 Å². The first kappa shape index (κ1) is 24.5. The molecule has 2 amide bonds. The quantitative estimate of drug-likeness (QED) is 0.239. The van der Waals surface area contributed by atoms with Crippen molar-refractivity contribution in [1.82, 2.24) is 14.0 Å². The number of aromatic nitrogens is 2. The second kappa shape index (κ2) is 9.15. The van der Waals surface area contributed by atoms with Crippen LogP contribution in [0.25, 0.3) is 33.1 Å². The zero-order valence-electron chi connectivity index (χ0n) is 20.8. The van der Waals surface area contributed by atoms with Crippen LogP contribution in [0.4, 0.5) is 0 Å². The summed E-state index contributed by atoms with van der Waals surface area (Å²) in [5, 5.41) is 2.85. The molecule has 8 heteroatoms. The fourth-order valence-corrected chi connectivity index (χ4v) is 5.93. The van der Waals surface area contributed by atoms with Crippen LogP contribution < -0.4 is 5.56 Å². The molecule has 3 aromatic carbocycles. The maximum absolute atomic E-state index is 13.6. The molecule has 0 spiro atoms. The number of benzene rings is 3. The highest BCUT2D eigenvalue weighted by molar-refractivity contribution is 6.36. The standard InChI is InChI=1S/C30H23Cl2N3O3/c1-17-8-11-26-22(14-17)23-16-24(19-10-9-18(31)15-25(19)32)28(36)33(2)27(23)34(26)12-5-13-35-29(37)20-6-3-4-7-21(20)30(35)38/h3-4,6-11,14-16H,5,12-13H2,1-2H3. The van der Waals surface area contributed by atoms with Gasteiger partial charge in [0.1, 0.15) is 5.65 Å². The zero-order chi connectivity index (χ0) is 26.7. The van der Waals surface area contributed by atoms with Crippen molar-refractivity contribution in [1.29, 1.82) is 0 Å². The summed E-state index contributed by atoms with van der Waals surface area (Å²) in [6, 6.07) is 20.1. The summed E-state index contributed by atoms with van der Waals surface area (Å²) < 4.78 is 3.74. The molecule has 0 N–H and O–H groups in total. The van der Waals surface area contributed by atoms with Crippen molar-refractivity contribution in [3.8, 4) is 11.1 Å². The number of fused-ring (bicyclic) bond motifs is 4. The van der Waals surface area contributed by atoms with Gasteiger partial charge in [0.15, 0.2) is 0 Å². The summed E-state index contributed by atoms with van der Waals surface area (Å²) in [7, 11) is 1.75. The molecule has 0 radical (unpaired) electrons. The van der Waals surface area contributed by atoms with Crippen molar-refractivity contribution in [3.63, 3.8) is 0 Å². The molecule has 6 nitrogen and oxygen atoms in total. The van der Waals surface area contributed by atoms with Crippen molar-refractivity contribution in [2.75, 3.05) is 6.54 Å². The van der Waals surface area contributed by atoms with Crippen LogP contribution >= 0.6 is 23.2 Å². The molecule has 0 fully saturated rings. The molecule has 2 aromatic heterocycles. The van der Waals surface area contributed by atoms with Gasteiger partial charge in [-0.3, -0.25) is 23.9 Å². The number of pyridine rings is 1. The highest BCUT2D eigenvalue weighted by atomic mass is 35.5. The average molecular weight is 544 g/mol. The summed E-state index contributed by atoms with van der Waals surface area (Å²) >= 11 is 12.6. The number of aryl methyl sites for hydroxylation is 3. The number of carbonyl (C=O) groups is 2. The summed E-state index contributed by atoms with van der Waals surface area (Å²) in [6.45, 7) is 2.83. The second-order valence-electron chi connectivity index (χ2n) is 9.62. The largest absolute Gasteiger partial charge is 0.327 e. The molecule has 0 aliphatic carbocycles. The fourth-order valence-electron chi connectivity index (χ4n) is 5.42. The Labute approximate surface area is 228 Å². The van der Waals surface area contributed by atoms with Gasteiger partial charge in [0.25, 0.3) is 17.4 Å². The minimum absolute atomic E-state index is 0.178. The molecule has 5 aromatic rings. The number of hydrogen-bond acceptors (Lipinski definition) is 3. The van der Waals surface area contributed by atoms with E-state index in [0.29, 0.717) is 45.3 Å². The molecule has 0 bridgehead atoms. The van der Waals surface area contributed by atoms with E-state index in [9.17, 15) is 14.4 Å². The normalized spacial score (nSPS) is 13.2. The Bertz CT molecular complexity index is 1830. The summed E-state index contributed by atoms with van der Waals surface area (Å²) in [5.74, 6) is -0.527. The van der Waals surface area contributed by atoms with Gasteiger partial charge in [-0.2, -0.15) is 0 Å². The maximum Gasteiger partial charge on any atom is 0.261 e. The highest BCUT2D eigenvalue weighted by Gasteiger charge is 2.34. The monoisotopic (exact) mass is 543 g/mol. The molecular weight excluding hydrogens is 521 g/mol. The Kier molecular flexibility index (Phi) is 5.89. The van der Waals surface area contributed by atoms with E-state index in [4.69, 9.17) is 23.2 Å². The molecular formula is C30H23Cl2N3O3. The van der Waals surface area contributed by atoms with E-state index in [0.717, 1.165) is 27.5 Å². The molecule has 1 aliphatic heterocycles. The first-order chi connectivity index (χ1) is 18.3. The van der Waals surface area contributed by atoms with E-state index < -0.39 is 0 Å². The van der Waals surface area contributed by atoms with Crippen molar-refractivity contribution in [2.45, 2.75) is 19.9 Å². The van der Waals surface area contributed by atoms with E-state index in [1.165, 1.54) is 4.90 Å². The van der Waals surface area contributed by atoms with Gasteiger partial charge in [0.05, 0.1) is 21.7 Å². The lowest BCUT2D eigenvalue weighted by Gasteiger charge is -2.16. The lowest BCUT2D eigenvalue weighted by molar-refractivity contribution is 0.0651. The Morgan fingerprint density at radius 3 is 2.13 bits per heavy atom. The van der Waals surface area contributed by atoms with Gasteiger partial charge in [-0.15, -0.1) is 0 Å². The van der Waals surface area contributed by atoms with Crippen LogP contribution in [-0.2, 0) is 13.6 Å². The Morgan fingerprint density at radius 1 is 0.737 bits per heavy atom. The predicted molar refractivity (Wildman–Crippen MR) is 151 cm³/mol. The summed E-state index contributed by atoms with van der Waals surface area (Å²) in [5.41, 5.74) is 4.67. The van der Waals surface area contributed by atoms with Crippen molar-refractivity contribution >= 4 is 57.0 Å². The molecule has 0 unspecified atom stereocenters. The third-order valence-corrected chi connectivity index (χ3v) is 7.78. The third kappa shape index (κ3) is 3.75. The zero-order valence-corrected chi connectivity index (χ0v) is 22.3. The molecule has 0 saturated carbocycles. The summed E-state index contributed by atoms with van der Waals surface area (Å²) in [4.78, 5) is 40.5. The van der Waals surface area contributed by atoms with Gasteiger partial charge >= 0.3 is 0 Å². The highest BCUT2D eigenvalue weighted by Crippen LogP contribution is 2.34. The van der Waals surface area contributed by atoms with Crippen LogP contribution in [0.1, 0.15) is 32.7 Å². The third-order valence-electron chi connectivity index (χ3n) is 7.23. The number of imide groups is 1.